The van der Waals surface area contributed by atoms with E-state index in [2.05, 4.69) is 0 Å². The monoisotopic (exact) mass is 315 g/mol. The number of nitrogens with zero attached hydrogens (tertiary/aromatic N) is 1. The van der Waals surface area contributed by atoms with E-state index in [1.54, 1.807) is 39.0 Å². The predicted molar refractivity (Wildman–Crippen MR) is 74.6 cm³/mol. The van der Waals surface area contributed by atoms with Gasteiger partial charge in [-0.05, 0) is 32.9 Å². The number of aliphatic hydroxyl groups is 1. The fourth-order valence-corrected chi connectivity index (χ4v) is 2.06. The van der Waals surface area contributed by atoms with Crippen LogP contribution in [0.3, 0.4) is 0 Å². The molecule has 2 aromatic rings. The molecule has 0 saturated carbocycles. The molecule has 1 heterocycles. The summed E-state index contributed by atoms with van der Waals surface area (Å²) in [7, 11) is 0. The van der Waals surface area contributed by atoms with Gasteiger partial charge in [-0.25, -0.2) is 9.36 Å². The van der Waals surface area contributed by atoms with Crippen LogP contribution in [0, 0.1) is 0 Å². The van der Waals surface area contributed by atoms with Crippen molar-refractivity contribution >= 4 is 17.0 Å². The second-order valence-electron chi connectivity index (χ2n) is 5.89. The van der Waals surface area contributed by atoms with Crippen molar-refractivity contribution in [2.75, 3.05) is 0 Å². The molecule has 1 atom stereocenters. The van der Waals surface area contributed by atoms with Gasteiger partial charge in [0.1, 0.15) is 5.60 Å². The van der Waals surface area contributed by atoms with Gasteiger partial charge in [-0.1, -0.05) is 18.2 Å². The van der Waals surface area contributed by atoms with Crippen molar-refractivity contribution in [3.63, 3.8) is 0 Å². The van der Waals surface area contributed by atoms with E-state index in [1.165, 1.54) is 6.07 Å². The van der Waals surface area contributed by atoms with E-state index in [4.69, 9.17) is 4.74 Å². The van der Waals surface area contributed by atoms with E-state index in [-0.39, 0.29) is 5.52 Å². The number of ether oxygens (including phenoxy) is 1. The molecule has 0 bridgehead atoms. The van der Waals surface area contributed by atoms with E-state index in [0.29, 0.717) is 5.39 Å². The zero-order valence-corrected chi connectivity index (χ0v) is 12.3. The summed E-state index contributed by atoms with van der Waals surface area (Å²) in [6.45, 7) is 4.82. The van der Waals surface area contributed by atoms with Gasteiger partial charge in [0.15, 0.2) is 6.10 Å². The first kappa shape index (κ1) is 16.4. The molecule has 0 aliphatic carbocycles. The molecule has 0 fully saturated rings. The van der Waals surface area contributed by atoms with Gasteiger partial charge in [0, 0.05) is 5.39 Å². The number of carbonyl (C=O) groups is 1. The summed E-state index contributed by atoms with van der Waals surface area (Å²) in [5.41, 5.74) is -1.19. The number of aromatic nitrogens is 1. The highest BCUT2D eigenvalue weighted by molar-refractivity contribution is 5.91. The lowest BCUT2D eigenvalue weighted by atomic mass is 10.2. The summed E-state index contributed by atoms with van der Waals surface area (Å²) in [5, 5.41) is 9.94. The minimum Gasteiger partial charge on any atom is -0.443 e. The van der Waals surface area contributed by atoms with Crippen LogP contribution in [0.15, 0.2) is 30.3 Å². The highest BCUT2D eigenvalue weighted by Gasteiger charge is 2.42. The summed E-state index contributed by atoms with van der Waals surface area (Å²) < 4.78 is 44.4. The van der Waals surface area contributed by atoms with Gasteiger partial charge in [-0.3, -0.25) is 0 Å². The fraction of sp³-hybridized carbons (Fsp3) is 0.400. The average Bonchev–Trinajstić information content (AvgIpc) is 2.73. The molecule has 2 rings (SSSR count). The number of hydrogen-bond acceptors (Lipinski definition) is 3. The number of alkyl halides is 3. The summed E-state index contributed by atoms with van der Waals surface area (Å²) in [4.78, 5) is 12.2. The number of halogens is 3. The van der Waals surface area contributed by atoms with E-state index in [1.807, 2.05) is 0 Å². The molecule has 1 N–H and O–H groups in total. The Morgan fingerprint density at radius 1 is 1.23 bits per heavy atom. The number of aliphatic hydroxyl groups excluding tert-OH is 1. The van der Waals surface area contributed by atoms with Crippen molar-refractivity contribution in [1.82, 2.24) is 4.57 Å². The number of para-hydroxylation sites is 1. The van der Waals surface area contributed by atoms with Crippen LogP contribution in [-0.4, -0.2) is 27.5 Å². The summed E-state index contributed by atoms with van der Waals surface area (Å²) in [6.07, 6.45) is -8.62. The molecular formula is C15H16F3NO3. The van der Waals surface area contributed by atoms with Crippen LogP contribution in [0.1, 0.15) is 32.6 Å². The summed E-state index contributed by atoms with van der Waals surface area (Å²) >= 11 is 0. The van der Waals surface area contributed by atoms with E-state index >= 15 is 0 Å². The largest absolute Gasteiger partial charge is 0.443 e. The van der Waals surface area contributed by atoms with Crippen LogP contribution < -0.4 is 0 Å². The van der Waals surface area contributed by atoms with Crippen LogP contribution >= 0.6 is 0 Å². The third-order valence-corrected chi connectivity index (χ3v) is 2.91. The highest BCUT2D eigenvalue weighted by atomic mass is 19.4. The van der Waals surface area contributed by atoms with Crippen LogP contribution in [0.4, 0.5) is 18.0 Å². The number of rotatable bonds is 1. The first-order chi connectivity index (χ1) is 10.0. The Labute approximate surface area is 125 Å². The molecule has 7 heteroatoms. The summed E-state index contributed by atoms with van der Waals surface area (Å²) in [5.74, 6) is 0. The second kappa shape index (κ2) is 5.31. The molecule has 0 aliphatic heterocycles. The lowest BCUT2D eigenvalue weighted by Gasteiger charge is -2.22. The Morgan fingerprint density at radius 3 is 2.36 bits per heavy atom. The first-order valence-corrected chi connectivity index (χ1v) is 6.59. The number of hydrogen-bond donors (Lipinski definition) is 1. The molecule has 22 heavy (non-hydrogen) atoms. The fourth-order valence-electron chi connectivity index (χ4n) is 2.06. The number of fused-ring (bicyclic) bond motifs is 1. The topological polar surface area (TPSA) is 51.5 Å². The second-order valence-corrected chi connectivity index (χ2v) is 5.89. The van der Waals surface area contributed by atoms with Crippen LogP contribution in [-0.2, 0) is 4.74 Å². The standard InChI is InChI=1S/C15H16F3NO3/c1-14(2,3)22-13(21)19-10-7-5-4-6-9(10)8-11(19)12(20)15(16,17)18/h4-8,12,20H,1-3H3. The summed E-state index contributed by atoms with van der Waals surface area (Å²) in [6, 6.07) is 7.41. The third-order valence-electron chi connectivity index (χ3n) is 2.91. The van der Waals surface area contributed by atoms with Gasteiger partial charge in [0.05, 0.1) is 11.2 Å². The van der Waals surface area contributed by atoms with Crippen molar-refractivity contribution in [2.45, 2.75) is 38.7 Å². The molecular weight excluding hydrogens is 299 g/mol. The zero-order valence-electron chi connectivity index (χ0n) is 12.3. The minimum absolute atomic E-state index is 0.245. The Morgan fingerprint density at radius 2 is 1.82 bits per heavy atom. The van der Waals surface area contributed by atoms with E-state index < -0.39 is 29.7 Å². The molecule has 1 aromatic carbocycles. The smallest absolute Gasteiger partial charge is 0.420 e. The molecule has 0 amide bonds. The molecule has 120 valence electrons. The highest BCUT2D eigenvalue weighted by Crippen LogP contribution is 2.35. The zero-order chi connectivity index (χ0) is 16.7. The van der Waals surface area contributed by atoms with Gasteiger partial charge in [0.2, 0.25) is 0 Å². The van der Waals surface area contributed by atoms with Crippen molar-refractivity contribution in [1.29, 1.82) is 0 Å². The van der Waals surface area contributed by atoms with Crippen LogP contribution in [0.2, 0.25) is 0 Å². The van der Waals surface area contributed by atoms with Gasteiger partial charge < -0.3 is 9.84 Å². The first-order valence-electron chi connectivity index (χ1n) is 6.59. The molecule has 0 aliphatic rings. The van der Waals surface area contributed by atoms with Crippen molar-refractivity contribution in [3.05, 3.63) is 36.0 Å². The number of benzene rings is 1. The minimum atomic E-state index is -4.88. The maximum absolute atomic E-state index is 12.8. The lowest BCUT2D eigenvalue weighted by molar-refractivity contribution is -0.208. The molecule has 0 radical (unpaired) electrons. The molecule has 0 spiro atoms. The van der Waals surface area contributed by atoms with Crippen LogP contribution in [0.5, 0.6) is 0 Å². The van der Waals surface area contributed by atoms with E-state index in [0.717, 1.165) is 10.6 Å². The molecule has 4 nitrogen and oxygen atoms in total. The van der Waals surface area contributed by atoms with Gasteiger partial charge in [0.25, 0.3) is 0 Å². The predicted octanol–water partition coefficient (Wildman–Crippen LogP) is 4.02. The van der Waals surface area contributed by atoms with Crippen LogP contribution in [0.25, 0.3) is 10.9 Å². The van der Waals surface area contributed by atoms with Crippen molar-refractivity contribution < 1.29 is 27.8 Å². The number of carbonyl (C=O) groups excluding carboxylic acids is 1. The van der Waals surface area contributed by atoms with Gasteiger partial charge in [-0.15, -0.1) is 0 Å². The SMILES string of the molecule is CC(C)(C)OC(=O)n1c(C(O)C(F)(F)F)cc2ccccc21. The lowest BCUT2D eigenvalue weighted by Crippen LogP contribution is -2.30. The Balaban J connectivity index is 2.61. The molecule has 1 aromatic heterocycles. The van der Waals surface area contributed by atoms with Crippen molar-refractivity contribution in [2.24, 2.45) is 0 Å². The average molecular weight is 315 g/mol. The Bertz CT molecular complexity index is 698. The normalized spacial score (nSPS) is 14.1. The van der Waals surface area contributed by atoms with E-state index in [9.17, 15) is 23.1 Å². The van der Waals surface area contributed by atoms with Crippen molar-refractivity contribution in [3.8, 4) is 0 Å². The maximum atomic E-state index is 12.8. The third kappa shape index (κ3) is 3.24. The Hall–Kier alpha value is -2.02. The van der Waals surface area contributed by atoms with Gasteiger partial charge in [-0.2, -0.15) is 13.2 Å². The Kier molecular flexibility index (Phi) is 3.95. The quantitative estimate of drug-likeness (QED) is 0.864. The molecule has 0 saturated heterocycles. The van der Waals surface area contributed by atoms with Gasteiger partial charge >= 0.3 is 12.3 Å². The molecule has 1 unspecified atom stereocenters. The maximum Gasteiger partial charge on any atom is 0.420 e.